The van der Waals surface area contributed by atoms with Crippen molar-refractivity contribution in [2.75, 3.05) is 26.2 Å². The molecule has 0 unspecified atom stereocenters. The maximum Gasteiger partial charge on any atom is 0.276 e. The second kappa shape index (κ2) is 8.93. The average molecular weight is 440 g/mol. The number of carbonyl (C=O) groups is 2. The molecule has 3 heterocycles. The zero-order valence-corrected chi connectivity index (χ0v) is 18.7. The number of amides is 2. The predicted octanol–water partition coefficient (Wildman–Crippen LogP) is 3.84. The third kappa shape index (κ3) is 4.49. The molecule has 0 N–H and O–H groups in total. The van der Waals surface area contributed by atoms with E-state index in [2.05, 4.69) is 11.2 Å². The minimum absolute atomic E-state index is 0.0157. The van der Waals surface area contributed by atoms with Crippen molar-refractivity contribution in [3.8, 4) is 5.75 Å². The molecule has 1 aliphatic rings. The largest absolute Gasteiger partial charge is 0.488 e. The molecule has 8 heteroatoms. The summed E-state index contributed by atoms with van der Waals surface area (Å²) in [4.78, 5) is 29.9. The lowest BCUT2D eigenvalue weighted by molar-refractivity contribution is 0.0531. The number of aryl methyl sites for hydroxylation is 3. The molecule has 1 saturated heterocycles. The lowest BCUT2D eigenvalue weighted by Gasteiger charge is -2.34. The van der Waals surface area contributed by atoms with E-state index in [9.17, 15) is 9.59 Å². The molecule has 1 aromatic carbocycles. The Balaban J connectivity index is 1.41. The Morgan fingerprint density at radius 1 is 1.06 bits per heavy atom. The molecule has 7 nitrogen and oxygen atoms in total. The van der Waals surface area contributed by atoms with Gasteiger partial charge in [-0.05, 0) is 43.8 Å². The van der Waals surface area contributed by atoms with Gasteiger partial charge in [0.15, 0.2) is 5.69 Å². The highest BCUT2D eigenvalue weighted by molar-refractivity contribution is 7.12. The second-order valence-electron chi connectivity index (χ2n) is 7.69. The van der Waals surface area contributed by atoms with Crippen LogP contribution in [0.1, 0.15) is 42.6 Å². The normalized spacial score (nSPS) is 14.0. The van der Waals surface area contributed by atoms with Gasteiger partial charge in [0, 0.05) is 26.2 Å². The third-order valence-electron chi connectivity index (χ3n) is 5.48. The molecule has 0 spiro atoms. The first kappa shape index (κ1) is 21.1. The molecular formula is C23H25N3O4S. The molecule has 3 aromatic rings. The molecule has 0 radical (unpaired) electrons. The van der Waals surface area contributed by atoms with Gasteiger partial charge in [-0.3, -0.25) is 9.59 Å². The maximum absolute atomic E-state index is 13.1. The number of hydrogen-bond donors (Lipinski definition) is 0. The molecule has 0 aliphatic carbocycles. The summed E-state index contributed by atoms with van der Waals surface area (Å²) >= 11 is 1.43. The summed E-state index contributed by atoms with van der Waals surface area (Å²) in [5, 5.41) is 5.90. The topological polar surface area (TPSA) is 75.9 Å². The van der Waals surface area contributed by atoms with Crippen LogP contribution in [0.3, 0.4) is 0 Å². The van der Waals surface area contributed by atoms with E-state index in [0.717, 1.165) is 16.2 Å². The minimum Gasteiger partial charge on any atom is -0.488 e. The van der Waals surface area contributed by atoms with E-state index in [0.29, 0.717) is 37.5 Å². The van der Waals surface area contributed by atoms with Gasteiger partial charge in [-0.15, -0.1) is 11.3 Å². The summed E-state index contributed by atoms with van der Waals surface area (Å²) in [6, 6.07) is 9.67. The van der Waals surface area contributed by atoms with Crippen LogP contribution >= 0.6 is 11.3 Å². The van der Waals surface area contributed by atoms with Gasteiger partial charge in [0.1, 0.15) is 18.1 Å². The Kier molecular flexibility index (Phi) is 6.08. The Labute approximate surface area is 185 Å². The minimum atomic E-state index is -0.195. The lowest BCUT2D eigenvalue weighted by Crippen LogP contribution is -2.50. The summed E-state index contributed by atoms with van der Waals surface area (Å²) < 4.78 is 11.3. The fourth-order valence-corrected chi connectivity index (χ4v) is 4.35. The van der Waals surface area contributed by atoms with Crippen LogP contribution < -0.4 is 4.74 Å². The molecule has 2 aromatic heterocycles. The first-order valence-corrected chi connectivity index (χ1v) is 11.1. The van der Waals surface area contributed by atoms with Crippen LogP contribution in [0.15, 0.2) is 40.2 Å². The maximum atomic E-state index is 13.1. The standard InChI is InChI=1S/C23H25N3O4S/c1-15-6-7-19(16(2)13-15)29-14-18-17(3)30-24-21(18)23(28)26-10-8-25(9-11-26)22(27)20-5-4-12-31-20/h4-7,12-13H,8-11,14H2,1-3H3. The van der Waals surface area contributed by atoms with Crippen LogP contribution in [0.2, 0.25) is 0 Å². The number of thiophene rings is 1. The number of benzene rings is 1. The molecule has 0 saturated carbocycles. The smallest absolute Gasteiger partial charge is 0.276 e. The van der Waals surface area contributed by atoms with E-state index in [1.54, 1.807) is 16.7 Å². The second-order valence-corrected chi connectivity index (χ2v) is 8.63. The van der Waals surface area contributed by atoms with Crippen LogP contribution in [0, 0.1) is 20.8 Å². The number of rotatable bonds is 5. The van der Waals surface area contributed by atoms with E-state index in [4.69, 9.17) is 9.26 Å². The van der Waals surface area contributed by atoms with Gasteiger partial charge in [0.25, 0.3) is 11.8 Å². The quantitative estimate of drug-likeness (QED) is 0.604. The van der Waals surface area contributed by atoms with Crippen molar-refractivity contribution in [3.63, 3.8) is 0 Å². The summed E-state index contributed by atoms with van der Waals surface area (Å²) in [6.45, 7) is 7.91. The summed E-state index contributed by atoms with van der Waals surface area (Å²) in [7, 11) is 0. The number of aromatic nitrogens is 1. The van der Waals surface area contributed by atoms with E-state index < -0.39 is 0 Å². The van der Waals surface area contributed by atoms with Crippen molar-refractivity contribution < 1.29 is 18.8 Å². The SMILES string of the molecule is Cc1ccc(OCc2c(C(=O)N3CCN(C(=O)c4cccs4)CC3)noc2C)c(C)c1. The highest BCUT2D eigenvalue weighted by atomic mass is 32.1. The van der Waals surface area contributed by atoms with E-state index in [1.807, 2.05) is 43.5 Å². The lowest BCUT2D eigenvalue weighted by atomic mass is 10.1. The first-order chi connectivity index (χ1) is 14.9. The summed E-state index contributed by atoms with van der Waals surface area (Å²) in [5.74, 6) is 1.16. The molecule has 0 atom stereocenters. The fraction of sp³-hybridized carbons (Fsp3) is 0.348. The van der Waals surface area contributed by atoms with Crippen molar-refractivity contribution in [2.24, 2.45) is 0 Å². The van der Waals surface area contributed by atoms with Crippen LogP contribution in [0.5, 0.6) is 5.75 Å². The zero-order valence-electron chi connectivity index (χ0n) is 17.9. The van der Waals surface area contributed by atoms with Crippen molar-refractivity contribution in [1.29, 1.82) is 0 Å². The Morgan fingerprint density at radius 2 is 1.77 bits per heavy atom. The van der Waals surface area contributed by atoms with Crippen molar-refractivity contribution in [3.05, 3.63) is 68.7 Å². The average Bonchev–Trinajstić information content (AvgIpc) is 3.43. The number of piperazine rings is 1. The van der Waals surface area contributed by atoms with Crippen LogP contribution in [-0.2, 0) is 6.61 Å². The van der Waals surface area contributed by atoms with Crippen molar-refractivity contribution in [2.45, 2.75) is 27.4 Å². The summed E-state index contributed by atoms with van der Waals surface area (Å²) in [5.41, 5.74) is 3.13. The highest BCUT2D eigenvalue weighted by Crippen LogP contribution is 2.23. The van der Waals surface area contributed by atoms with Gasteiger partial charge in [0.2, 0.25) is 0 Å². The number of hydrogen-bond acceptors (Lipinski definition) is 6. The predicted molar refractivity (Wildman–Crippen MR) is 118 cm³/mol. The van der Waals surface area contributed by atoms with Gasteiger partial charge in [0.05, 0.1) is 10.4 Å². The van der Waals surface area contributed by atoms with Crippen LogP contribution in [0.4, 0.5) is 0 Å². The van der Waals surface area contributed by atoms with Crippen LogP contribution in [-0.4, -0.2) is 52.9 Å². The zero-order chi connectivity index (χ0) is 22.0. The van der Waals surface area contributed by atoms with Gasteiger partial charge >= 0.3 is 0 Å². The third-order valence-corrected chi connectivity index (χ3v) is 6.33. The van der Waals surface area contributed by atoms with Crippen LogP contribution in [0.25, 0.3) is 0 Å². The van der Waals surface area contributed by atoms with Gasteiger partial charge in [-0.25, -0.2) is 0 Å². The first-order valence-electron chi connectivity index (χ1n) is 10.2. The molecule has 1 fully saturated rings. The highest BCUT2D eigenvalue weighted by Gasteiger charge is 2.29. The van der Waals surface area contributed by atoms with E-state index >= 15 is 0 Å². The molecule has 31 heavy (non-hydrogen) atoms. The molecule has 4 rings (SSSR count). The Bertz CT molecular complexity index is 1080. The monoisotopic (exact) mass is 439 g/mol. The number of nitrogens with zero attached hydrogens (tertiary/aromatic N) is 3. The molecule has 0 bridgehead atoms. The van der Waals surface area contributed by atoms with E-state index in [-0.39, 0.29) is 24.1 Å². The van der Waals surface area contributed by atoms with Crippen molar-refractivity contribution in [1.82, 2.24) is 15.0 Å². The van der Waals surface area contributed by atoms with Gasteiger partial charge in [-0.1, -0.05) is 28.9 Å². The molecule has 1 aliphatic heterocycles. The molecule has 162 valence electrons. The molecular weight excluding hydrogens is 414 g/mol. The fourth-order valence-electron chi connectivity index (χ4n) is 3.66. The Morgan fingerprint density at radius 3 is 2.42 bits per heavy atom. The van der Waals surface area contributed by atoms with E-state index in [1.165, 1.54) is 16.9 Å². The number of ether oxygens (including phenoxy) is 1. The van der Waals surface area contributed by atoms with Crippen molar-refractivity contribution >= 4 is 23.2 Å². The summed E-state index contributed by atoms with van der Waals surface area (Å²) in [6.07, 6.45) is 0. The number of carbonyl (C=O) groups excluding carboxylic acids is 2. The van der Waals surface area contributed by atoms with Gasteiger partial charge in [-0.2, -0.15) is 0 Å². The van der Waals surface area contributed by atoms with Gasteiger partial charge < -0.3 is 19.1 Å². The Hall–Kier alpha value is -3.13. The molecule has 2 amide bonds.